The lowest BCUT2D eigenvalue weighted by atomic mass is 10.3. The molecule has 1 N–H and O–H groups in total. The van der Waals surface area contributed by atoms with E-state index in [1.54, 1.807) is 6.08 Å². The maximum absolute atomic E-state index is 6.93. The van der Waals surface area contributed by atoms with Crippen LogP contribution in [0.15, 0.2) is 11.8 Å². The molecule has 0 aromatic rings. The molecule has 0 bridgehead atoms. The average molecular weight is 84.1 g/mol. The molecule has 1 heteroatoms. The van der Waals surface area contributed by atoms with Crippen molar-refractivity contribution in [1.29, 1.82) is 0 Å². The van der Waals surface area contributed by atoms with Crippen molar-refractivity contribution in [1.82, 2.24) is 5.73 Å². The van der Waals surface area contributed by atoms with Crippen LogP contribution in [0.4, 0.5) is 0 Å². The van der Waals surface area contributed by atoms with Gasteiger partial charge >= 0.3 is 0 Å². The zero-order valence-corrected chi connectivity index (χ0v) is 4.28. The normalized spacial score (nSPS) is 12.0. The second kappa shape index (κ2) is 2.76. The summed E-state index contributed by atoms with van der Waals surface area (Å²) in [5, 5.41) is 0. The zero-order valence-electron chi connectivity index (χ0n) is 4.28. The van der Waals surface area contributed by atoms with E-state index >= 15 is 0 Å². The van der Waals surface area contributed by atoms with Gasteiger partial charge in [-0.25, -0.2) is 0 Å². The molecule has 0 aliphatic carbocycles. The van der Waals surface area contributed by atoms with Crippen LogP contribution >= 0.6 is 0 Å². The number of hydrogen-bond donors (Lipinski definition) is 0. The Kier molecular flexibility index (Phi) is 2.55. The van der Waals surface area contributed by atoms with Gasteiger partial charge in [0.1, 0.15) is 0 Å². The molecule has 1 radical (unpaired) electrons. The minimum absolute atomic E-state index is 0.718. The Labute approximate surface area is 38.8 Å². The molecule has 0 aromatic heterocycles. The van der Waals surface area contributed by atoms with Crippen molar-refractivity contribution in [2.24, 2.45) is 0 Å². The molecule has 0 atom stereocenters. The summed E-state index contributed by atoms with van der Waals surface area (Å²) in [4.78, 5) is 0. The molecule has 1 nitrogen and oxygen atoms in total. The van der Waals surface area contributed by atoms with Crippen molar-refractivity contribution in [2.45, 2.75) is 20.3 Å². The molecular weight excluding hydrogens is 74.1 g/mol. The molecule has 6 heavy (non-hydrogen) atoms. The molecular formula is C5H10N. The van der Waals surface area contributed by atoms with Crippen LogP contribution in [-0.4, -0.2) is 0 Å². The Morgan fingerprint density at radius 3 is 2.33 bits per heavy atom. The van der Waals surface area contributed by atoms with Crippen LogP contribution in [0.1, 0.15) is 20.3 Å². The third-order valence-electron chi connectivity index (χ3n) is 0.729. The number of nitrogens with one attached hydrogen (secondary N) is 1. The Hall–Kier alpha value is -0.460. The van der Waals surface area contributed by atoms with E-state index in [4.69, 9.17) is 5.73 Å². The summed E-state index contributed by atoms with van der Waals surface area (Å²) in [6, 6.07) is 0. The zero-order chi connectivity index (χ0) is 4.99. The first-order valence-corrected chi connectivity index (χ1v) is 2.18. The molecule has 0 unspecified atom stereocenters. The maximum Gasteiger partial charge on any atom is 0.0268 e. The summed E-state index contributed by atoms with van der Waals surface area (Å²) in [6.45, 7) is 3.86. The van der Waals surface area contributed by atoms with Crippen molar-refractivity contribution in [3.63, 3.8) is 0 Å². The molecule has 0 aliphatic rings. The summed E-state index contributed by atoms with van der Waals surface area (Å²) in [6.07, 6.45) is 2.66. The standard InChI is InChI=1S/C5H10N/c1-3-5(6)4-2/h3,6H,4H2,1-2H3. The van der Waals surface area contributed by atoms with Crippen LogP contribution in [0.2, 0.25) is 0 Å². The highest BCUT2D eigenvalue weighted by Gasteiger charge is 1.75. The van der Waals surface area contributed by atoms with Crippen molar-refractivity contribution in [3.8, 4) is 0 Å². The summed E-state index contributed by atoms with van der Waals surface area (Å²) in [5.74, 6) is 0. The minimum Gasteiger partial charge on any atom is -0.306 e. The molecule has 0 aromatic carbocycles. The number of hydrogen-bond acceptors (Lipinski definition) is 0. The first-order chi connectivity index (χ1) is 2.81. The summed E-state index contributed by atoms with van der Waals surface area (Å²) < 4.78 is 0. The Morgan fingerprint density at radius 1 is 1.83 bits per heavy atom. The predicted octanol–water partition coefficient (Wildman–Crippen LogP) is 1.58. The van der Waals surface area contributed by atoms with Crippen LogP contribution in [0, 0.1) is 0 Å². The van der Waals surface area contributed by atoms with E-state index in [2.05, 4.69) is 0 Å². The highest BCUT2D eigenvalue weighted by atomic mass is 14.6. The van der Waals surface area contributed by atoms with Gasteiger partial charge < -0.3 is 5.73 Å². The second-order valence-electron chi connectivity index (χ2n) is 1.17. The topological polar surface area (TPSA) is 23.8 Å². The van der Waals surface area contributed by atoms with Gasteiger partial charge in [0.15, 0.2) is 0 Å². The number of rotatable bonds is 1. The lowest BCUT2D eigenvalue weighted by Crippen LogP contribution is -1.74. The first kappa shape index (κ1) is 5.54. The molecule has 35 valence electrons. The van der Waals surface area contributed by atoms with Crippen LogP contribution in [0.3, 0.4) is 0 Å². The molecule has 0 rings (SSSR count). The smallest absolute Gasteiger partial charge is 0.0268 e. The van der Waals surface area contributed by atoms with Crippen LogP contribution in [0.25, 0.3) is 0 Å². The van der Waals surface area contributed by atoms with E-state index in [9.17, 15) is 0 Å². The van der Waals surface area contributed by atoms with Gasteiger partial charge in [-0.05, 0) is 13.3 Å². The third-order valence-corrected chi connectivity index (χ3v) is 0.729. The maximum atomic E-state index is 6.93. The monoisotopic (exact) mass is 84.1 g/mol. The molecule has 0 fully saturated rings. The minimum atomic E-state index is 0.718. The van der Waals surface area contributed by atoms with E-state index in [0.717, 1.165) is 12.1 Å². The highest BCUT2D eigenvalue weighted by Crippen LogP contribution is 1.88. The van der Waals surface area contributed by atoms with Gasteiger partial charge in [-0.1, -0.05) is 13.0 Å². The molecule has 0 spiro atoms. The quantitative estimate of drug-likeness (QED) is 0.460. The molecule has 0 aliphatic heterocycles. The van der Waals surface area contributed by atoms with Gasteiger partial charge in [0.2, 0.25) is 0 Å². The van der Waals surface area contributed by atoms with E-state index in [1.165, 1.54) is 0 Å². The molecule has 0 saturated carbocycles. The van der Waals surface area contributed by atoms with Crippen molar-refractivity contribution in [3.05, 3.63) is 11.8 Å². The molecule has 0 heterocycles. The Bertz CT molecular complexity index is 55.0. The molecule has 0 saturated heterocycles. The Morgan fingerprint density at radius 2 is 2.33 bits per heavy atom. The lowest BCUT2D eigenvalue weighted by Gasteiger charge is -1.83. The van der Waals surface area contributed by atoms with Crippen LogP contribution in [-0.2, 0) is 0 Å². The lowest BCUT2D eigenvalue weighted by molar-refractivity contribution is 1.04. The highest BCUT2D eigenvalue weighted by molar-refractivity contribution is 4.90. The predicted molar refractivity (Wildman–Crippen MR) is 27.1 cm³/mol. The fourth-order valence-corrected chi connectivity index (χ4v) is 0.204. The van der Waals surface area contributed by atoms with Gasteiger partial charge in [-0.3, -0.25) is 0 Å². The van der Waals surface area contributed by atoms with Crippen molar-refractivity contribution in [2.75, 3.05) is 0 Å². The van der Waals surface area contributed by atoms with Gasteiger partial charge in [-0.2, -0.15) is 0 Å². The van der Waals surface area contributed by atoms with Crippen LogP contribution in [0.5, 0.6) is 0 Å². The first-order valence-electron chi connectivity index (χ1n) is 2.18. The van der Waals surface area contributed by atoms with E-state index < -0.39 is 0 Å². The van der Waals surface area contributed by atoms with E-state index in [1.807, 2.05) is 13.8 Å². The summed E-state index contributed by atoms with van der Waals surface area (Å²) in [5.41, 5.74) is 7.65. The van der Waals surface area contributed by atoms with Crippen molar-refractivity contribution >= 4 is 0 Å². The third kappa shape index (κ3) is 1.82. The Balaban J connectivity index is 3.22. The van der Waals surface area contributed by atoms with Gasteiger partial charge in [0, 0.05) is 5.70 Å². The van der Waals surface area contributed by atoms with Crippen molar-refractivity contribution < 1.29 is 0 Å². The second-order valence-corrected chi connectivity index (χ2v) is 1.17. The van der Waals surface area contributed by atoms with Crippen LogP contribution < -0.4 is 5.73 Å². The fourth-order valence-electron chi connectivity index (χ4n) is 0.204. The summed E-state index contributed by atoms with van der Waals surface area (Å²) in [7, 11) is 0. The molecule has 0 amide bonds. The SMILES string of the molecule is CC=C([NH])CC. The average Bonchev–Trinajstić information content (AvgIpc) is 1.65. The fraction of sp³-hybridized carbons (Fsp3) is 0.600. The summed E-state index contributed by atoms with van der Waals surface area (Å²) >= 11 is 0. The largest absolute Gasteiger partial charge is 0.306 e. The van der Waals surface area contributed by atoms with E-state index in [-0.39, 0.29) is 0 Å². The number of allylic oxidation sites excluding steroid dienone is 2. The van der Waals surface area contributed by atoms with Gasteiger partial charge in [0.05, 0.1) is 0 Å². The van der Waals surface area contributed by atoms with Gasteiger partial charge in [0.25, 0.3) is 0 Å². The van der Waals surface area contributed by atoms with E-state index in [0.29, 0.717) is 0 Å². The van der Waals surface area contributed by atoms with Gasteiger partial charge in [-0.15, -0.1) is 0 Å².